The first-order valence-corrected chi connectivity index (χ1v) is 6.29. The van der Waals surface area contributed by atoms with E-state index in [4.69, 9.17) is 11.6 Å². The summed E-state index contributed by atoms with van der Waals surface area (Å²) in [5.74, 6) is 0. The Morgan fingerprint density at radius 2 is 1.76 bits per heavy atom. The average Bonchev–Trinajstić information content (AvgIpc) is 2.40. The molecule has 0 radical (unpaired) electrons. The molecule has 1 rings (SSSR count). The second-order valence-corrected chi connectivity index (χ2v) is 3.36. The first kappa shape index (κ1) is 18.5. The van der Waals surface area contributed by atoms with Crippen molar-refractivity contribution in [3.8, 4) is 0 Å². The predicted molar refractivity (Wildman–Crippen MR) is 74.7 cm³/mol. The molecule has 0 spiro atoms. The van der Waals surface area contributed by atoms with E-state index in [1.807, 2.05) is 38.1 Å². The van der Waals surface area contributed by atoms with E-state index in [0.717, 1.165) is 17.7 Å². The smallest absolute Gasteiger partial charge is 0.122 e. The summed E-state index contributed by atoms with van der Waals surface area (Å²) in [4.78, 5) is 9.48. The molecule has 0 atom stereocenters. The van der Waals surface area contributed by atoms with Crippen LogP contribution in [0.2, 0.25) is 5.02 Å². The second-order valence-electron chi connectivity index (χ2n) is 2.93. The summed E-state index contributed by atoms with van der Waals surface area (Å²) in [5.41, 5.74) is 1.33. The van der Waals surface area contributed by atoms with Crippen molar-refractivity contribution >= 4 is 17.9 Å². The lowest BCUT2D eigenvalue weighted by Crippen LogP contribution is -1.86. The Bertz CT molecular complexity index is 257. The van der Waals surface area contributed by atoms with Crippen LogP contribution in [0, 0.1) is 0 Å². The molecule has 0 aliphatic rings. The van der Waals surface area contributed by atoms with Crippen LogP contribution in [0.1, 0.15) is 32.8 Å². The van der Waals surface area contributed by atoms with Crippen LogP contribution in [0.15, 0.2) is 24.3 Å². The minimum Gasteiger partial charge on any atom is -0.384 e. The van der Waals surface area contributed by atoms with Gasteiger partial charge >= 0.3 is 0 Å². The van der Waals surface area contributed by atoms with Gasteiger partial charge in [0.15, 0.2) is 0 Å². The van der Waals surface area contributed by atoms with E-state index in [1.54, 1.807) is 7.11 Å². The predicted octanol–water partition coefficient (Wildman–Crippen LogP) is 4.15. The standard InChI is InChI=1S/C8H9Cl.C4H8O2.C2H6/c1-2-7-3-5-8(9)6-4-7;1-6-4-2-3-5;1-2/h3-6H,2H2,1H3;3H,2,4H2,1H3;1-2H3. The van der Waals surface area contributed by atoms with Crippen molar-refractivity contribution < 1.29 is 9.53 Å². The second kappa shape index (κ2) is 15.1. The zero-order chi connectivity index (χ0) is 13.5. The van der Waals surface area contributed by atoms with E-state index in [9.17, 15) is 4.79 Å². The topological polar surface area (TPSA) is 26.3 Å². The molecular weight excluding hydrogens is 236 g/mol. The number of benzene rings is 1. The Morgan fingerprint density at radius 1 is 1.24 bits per heavy atom. The van der Waals surface area contributed by atoms with Crippen molar-refractivity contribution in [2.75, 3.05) is 13.7 Å². The largest absolute Gasteiger partial charge is 0.384 e. The van der Waals surface area contributed by atoms with E-state index in [-0.39, 0.29) is 0 Å². The molecule has 0 aliphatic carbocycles. The third kappa shape index (κ3) is 13.1. The van der Waals surface area contributed by atoms with Crippen molar-refractivity contribution in [3.05, 3.63) is 34.9 Å². The highest BCUT2D eigenvalue weighted by Gasteiger charge is 1.86. The van der Waals surface area contributed by atoms with Crippen molar-refractivity contribution in [2.24, 2.45) is 0 Å². The fourth-order valence-corrected chi connectivity index (χ4v) is 1.01. The molecule has 0 aliphatic heterocycles. The Labute approximate surface area is 110 Å². The van der Waals surface area contributed by atoms with Crippen molar-refractivity contribution in [1.82, 2.24) is 0 Å². The molecule has 98 valence electrons. The summed E-state index contributed by atoms with van der Waals surface area (Å²) < 4.78 is 4.55. The van der Waals surface area contributed by atoms with Gasteiger partial charge in [-0.2, -0.15) is 0 Å². The molecule has 0 aromatic heterocycles. The molecule has 1 aromatic rings. The van der Waals surface area contributed by atoms with Crippen LogP contribution in [0.3, 0.4) is 0 Å². The van der Waals surface area contributed by atoms with Crippen LogP contribution >= 0.6 is 11.6 Å². The number of carbonyl (C=O) groups is 1. The Kier molecular flexibility index (Phi) is 16.5. The third-order valence-electron chi connectivity index (χ3n) is 1.76. The number of hydrogen-bond acceptors (Lipinski definition) is 2. The van der Waals surface area contributed by atoms with Gasteiger partial charge in [-0.3, -0.25) is 0 Å². The molecule has 0 saturated heterocycles. The fraction of sp³-hybridized carbons (Fsp3) is 0.500. The first-order chi connectivity index (χ1) is 8.24. The number of ether oxygens (including phenoxy) is 1. The van der Waals surface area contributed by atoms with E-state index >= 15 is 0 Å². The monoisotopic (exact) mass is 258 g/mol. The van der Waals surface area contributed by atoms with Gasteiger partial charge in [0.2, 0.25) is 0 Å². The summed E-state index contributed by atoms with van der Waals surface area (Å²) in [6, 6.07) is 7.92. The Hall–Kier alpha value is -0.860. The number of halogens is 1. The molecule has 0 bridgehead atoms. The molecule has 0 amide bonds. The number of aldehydes is 1. The van der Waals surface area contributed by atoms with E-state index in [0.29, 0.717) is 13.0 Å². The van der Waals surface area contributed by atoms with Gasteiger partial charge < -0.3 is 9.53 Å². The van der Waals surface area contributed by atoms with Gasteiger partial charge in [0, 0.05) is 18.6 Å². The molecule has 17 heavy (non-hydrogen) atoms. The molecule has 0 heterocycles. The zero-order valence-corrected chi connectivity index (χ0v) is 12.0. The molecule has 3 heteroatoms. The number of aryl methyl sites for hydroxylation is 1. The lowest BCUT2D eigenvalue weighted by molar-refractivity contribution is -0.108. The molecule has 0 saturated carbocycles. The van der Waals surface area contributed by atoms with Gasteiger partial charge in [-0.05, 0) is 24.1 Å². The van der Waals surface area contributed by atoms with Crippen LogP contribution < -0.4 is 0 Å². The Balaban J connectivity index is 0. The Morgan fingerprint density at radius 3 is 2.06 bits per heavy atom. The zero-order valence-electron chi connectivity index (χ0n) is 11.2. The summed E-state index contributed by atoms with van der Waals surface area (Å²) >= 11 is 5.67. The van der Waals surface area contributed by atoms with E-state index in [1.165, 1.54) is 5.56 Å². The summed E-state index contributed by atoms with van der Waals surface area (Å²) in [6.07, 6.45) is 2.43. The van der Waals surface area contributed by atoms with Gasteiger partial charge in [-0.15, -0.1) is 0 Å². The van der Waals surface area contributed by atoms with Gasteiger partial charge in [-0.1, -0.05) is 44.5 Å². The van der Waals surface area contributed by atoms with Crippen molar-refractivity contribution in [1.29, 1.82) is 0 Å². The molecule has 0 N–H and O–H groups in total. The highest BCUT2D eigenvalue weighted by atomic mass is 35.5. The first-order valence-electron chi connectivity index (χ1n) is 5.91. The lowest BCUT2D eigenvalue weighted by Gasteiger charge is -1.93. The SMILES string of the molecule is CC.CCc1ccc(Cl)cc1.COCCC=O. The van der Waals surface area contributed by atoms with Crippen LogP contribution in [0.25, 0.3) is 0 Å². The van der Waals surface area contributed by atoms with Gasteiger partial charge in [0.1, 0.15) is 6.29 Å². The molecule has 1 aromatic carbocycles. The van der Waals surface area contributed by atoms with E-state index in [2.05, 4.69) is 11.7 Å². The minimum absolute atomic E-state index is 0.510. The summed E-state index contributed by atoms with van der Waals surface area (Å²) in [7, 11) is 1.57. The minimum atomic E-state index is 0.510. The normalized spacial score (nSPS) is 8.29. The van der Waals surface area contributed by atoms with E-state index < -0.39 is 0 Å². The maximum absolute atomic E-state index is 9.48. The van der Waals surface area contributed by atoms with Gasteiger partial charge in [0.25, 0.3) is 0 Å². The average molecular weight is 259 g/mol. The highest BCUT2D eigenvalue weighted by molar-refractivity contribution is 6.30. The quantitative estimate of drug-likeness (QED) is 0.599. The molecule has 2 nitrogen and oxygen atoms in total. The number of methoxy groups -OCH3 is 1. The van der Waals surface area contributed by atoms with Crippen molar-refractivity contribution in [2.45, 2.75) is 33.6 Å². The number of carbonyl (C=O) groups excluding carboxylic acids is 1. The maximum atomic E-state index is 9.48. The van der Waals surface area contributed by atoms with Gasteiger partial charge in [-0.25, -0.2) is 0 Å². The molecule has 0 unspecified atom stereocenters. The summed E-state index contributed by atoms with van der Waals surface area (Å²) in [5, 5.41) is 0.812. The van der Waals surface area contributed by atoms with Crippen LogP contribution in [0.4, 0.5) is 0 Å². The third-order valence-corrected chi connectivity index (χ3v) is 2.01. The number of hydrogen-bond donors (Lipinski definition) is 0. The highest BCUT2D eigenvalue weighted by Crippen LogP contribution is 2.09. The van der Waals surface area contributed by atoms with Crippen LogP contribution in [0.5, 0.6) is 0 Å². The van der Waals surface area contributed by atoms with Crippen molar-refractivity contribution in [3.63, 3.8) is 0 Å². The molecule has 0 fully saturated rings. The van der Waals surface area contributed by atoms with Gasteiger partial charge in [0.05, 0.1) is 6.61 Å². The van der Waals surface area contributed by atoms with Crippen LogP contribution in [-0.4, -0.2) is 20.0 Å². The fourth-order valence-electron chi connectivity index (χ4n) is 0.886. The maximum Gasteiger partial charge on any atom is 0.122 e. The van der Waals surface area contributed by atoms with Crippen LogP contribution in [-0.2, 0) is 16.0 Å². The lowest BCUT2D eigenvalue weighted by atomic mass is 10.2. The summed E-state index contributed by atoms with van der Waals surface area (Å²) in [6.45, 7) is 6.67. The molecular formula is C14H23ClO2. The number of rotatable bonds is 4.